The first-order valence-electron chi connectivity index (χ1n) is 10.8. The number of rotatable bonds is 11. The number of ether oxygens (including phenoxy) is 1. The number of aromatic amines is 1. The summed E-state index contributed by atoms with van der Waals surface area (Å²) >= 11 is 0. The van der Waals surface area contributed by atoms with Gasteiger partial charge in [-0.3, -0.25) is 4.98 Å². The Balaban J connectivity index is 1.78. The lowest BCUT2D eigenvalue weighted by atomic mass is 10.0. The van der Waals surface area contributed by atoms with Gasteiger partial charge in [-0.05, 0) is 43.0 Å². The molecule has 3 rings (SSSR count). The van der Waals surface area contributed by atoms with E-state index in [4.69, 9.17) is 4.74 Å². The lowest BCUT2D eigenvalue weighted by Gasteiger charge is -2.28. The second-order valence-corrected chi connectivity index (χ2v) is 10.4. The van der Waals surface area contributed by atoms with Gasteiger partial charge in [0.25, 0.3) is 0 Å². The molecular weight excluding hydrogens is 424 g/mol. The Morgan fingerprint density at radius 1 is 1.22 bits per heavy atom. The van der Waals surface area contributed by atoms with Gasteiger partial charge in [-0.15, -0.1) is 6.58 Å². The van der Waals surface area contributed by atoms with Gasteiger partial charge in [0.15, 0.2) is 0 Å². The molecule has 8 heteroatoms. The zero-order valence-electron chi connectivity index (χ0n) is 19.2. The van der Waals surface area contributed by atoms with Crippen molar-refractivity contribution < 1.29 is 13.2 Å². The van der Waals surface area contributed by atoms with Crippen LogP contribution in [0, 0.1) is 12.8 Å². The molecule has 0 bridgehead atoms. The van der Waals surface area contributed by atoms with Crippen molar-refractivity contribution in [3.63, 3.8) is 0 Å². The van der Waals surface area contributed by atoms with Crippen LogP contribution in [0.5, 0.6) is 0 Å². The third-order valence-electron chi connectivity index (χ3n) is 5.37. The first-order chi connectivity index (χ1) is 15.2. The summed E-state index contributed by atoms with van der Waals surface area (Å²) in [5.74, 6) is 1.18. The molecule has 0 saturated carbocycles. The van der Waals surface area contributed by atoms with E-state index in [1.54, 1.807) is 31.5 Å². The molecule has 1 aromatic carbocycles. The minimum Gasteiger partial charge on any atom is -0.376 e. The average molecular weight is 457 g/mol. The van der Waals surface area contributed by atoms with Crippen LogP contribution in [0.3, 0.4) is 0 Å². The van der Waals surface area contributed by atoms with E-state index in [0.717, 1.165) is 28.1 Å². The highest BCUT2D eigenvalue weighted by Crippen LogP contribution is 2.23. The summed E-state index contributed by atoms with van der Waals surface area (Å²) < 4.78 is 33.5. The molecule has 0 radical (unpaired) electrons. The Kier molecular flexibility index (Phi) is 7.82. The molecule has 0 amide bonds. The molecule has 0 saturated heterocycles. The maximum atomic E-state index is 13.3. The summed E-state index contributed by atoms with van der Waals surface area (Å²) in [6.45, 7) is 10.4. The van der Waals surface area contributed by atoms with Crippen LogP contribution in [0.15, 0.2) is 54.1 Å². The largest absolute Gasteiger partial charge is 0.376 e. The second kappa shape index (κ2) is 10.4. The van der Waals surface area contributed by atoms with E-state index in [1.807, 2.05) is 25.1 Å². The van der Waals surface area contributed by atoms with Crippen LogP contribution in [-0.4, -0.2) is 54.0 Å². The van der Waals surface area contributed by atoms with Gasteiger partial charge >= 0.3 is 0 Å². The third-order valence-corrected chi connectivity index (χ3v) is 7.29. The summed E-state index contributed by atoms with van der Waals surface area (Å²) in [5.41, 5.74) is 3.62. The molecule has 32 heavy (non-hydrogen) atoms. The maximum Gasteiger partial charge on any atom is 0.243 e. The molecule has 7 nitrogen and oxygen atoms in total. The number of H-pyrrole nitrogens is 1. The molecule has 1 N–H and O–H groups in total. The summed E-state index contributed by atoms with van der Waals surface area (Å²) in [6, 6.07) is 8.65. The van der Waals surface area contributed by atoms with E-state index in [9.17, 15) is 8.42 Å². The monoisotopic (exact) mass is 456 g/mol. The summed E-state index contributed by atoms with van der Waals surface area (Å²) in [5, 5.41) is 0. The molecule has 0 aliphatic rings. The van der Waals surface area contributed by atoms with Crippen molar-refractivity contribution >= 4 is 21.1 Å². The lowest BCUT2D eigenvalue weighted by Crippen LogP contribution is -2.41. The zero-order chi connectivity index (χ0) is 23.3. The Bertz CT molecular complexity index is 1150. The van der Waals surface area contributed by atoms with Crippen molar-refractivity contribution in [2.24, 2.45) is 5.92 Å². The number of sulfonamides is 1. The van der Waals surface area contributed by atoms with E-state index < -0.39 is 10.0 Å². The lowest BCUT2D eigenvalue weighted by molar-refractivity contribution is 0.106. The van der Waals surface area contributed by atoms with Gasteiger partial charge in [-0.2, -0.15) is 4.31 Å². The number of nitrogens with one attached hydrogen (secondary N) is 1. The van der Waals surface area contributed by atoms with Crippen molar-refractivity contribution in [3.05, 3.63) is 66.3 Å². The Morgan fingerprint density at radius 3 is 2.59 bits per heavy atom. The summed E-state index contributed by atoms with van der Waals surface area (Å²) in [7, 11) is -2.02. The summed E-state index contributed by atoms with van der Waals surface area (Å²) in [4.78, 5) is 12.5. The molecule has 3 aromatic rings. The summed E-state index contributed by atoms with van der Waals surface area (Å²) in [6.07, 6.45) is 4.71. The fraction of sp³-hybridized carbons (Fsp3) is 0.417. The number of pyridine rings is 1. The van der Waals surface area contributed by atoms with Gasteiger partial charge < -0.3 is 9.72 Å². The Morgan fingerprint density at radius 2 is 1.94 bits per heavy atom. The van der Waals surface area contributed by atoms with Gasteiger partial charge in [0.1, 0.15) is 11.3 Å². The molecule has 1 atom stereocenters. The quantitative estimate of drug-likeness (QED) is 0.347. The SMILES string of the molecule is C=CCOC[C@@H](CC(C)C)N(C)S(=O)(=O)c1ccc(Cc2nccc3[nH]c(C)nc23)cc1. The van der Waals surface area contributed by atoms with Crippen LogP contribution in [0.2, 0.25) is 0 Å². The maximum absolute atomic E-state index is 13.3. The second-order valence-electron chi connectivity index (χ2n) is 8.43. The van der Waals surface area contributed by atoms with Crippen molar-refractivity contribution in [1.29, 1.82) is 0 Å². The van der Waals surface area contributed by atoms with Crippen molar-refractivity contribution in [1.82, 2.24) is 19.3 Å². The highest BCUT2D eigenvalue weighted by atomic mass is 32.2. The van der Waals surface area contributed by atoms with Gasteiger partial charge in [0, 0.05) is 25.7 Å². The number of nitrogens with zero attached hydrogens (tertiary/aromatic N) is 3. The fourth-order valence-corrected chi connectivity index (χ4v) is 5.08. The highest BCUT2D eigenvalue weighted by molar-refractivity contribution is 7.89. The predicted molar refractivity (Wildman–Crippen MR) is 127 cm³/mol. The molecule has 0 aliphatic carbocycles. The molecule has 0 aliphatic heterocycles. The minimum atomic E-state index is -3.65. The first-order valence-corrected chi connectivity index (χ1v) is 12.2. The molecular formula is C24H32N4O3S. The molecule has 172 valence electrons. The molecule has 2 aromatic heterocycles. The van der Waals surface area contributed by atoms with Gasteiger partial charge in [0.2, 0.25) is 10.0 Å². The Hall–Kier alpha value is -2.55. The molecule has 0 spiro atoms. The smallest absolute Gasteiger partial charge is 0.243 e. The van der Waals surface area contributed by atoms with Crippen LogP contribution >= 0.6 is 0 Å². The van der Waals surface area contributed by atoms with E-state index in [0.29, 0.717) is 32.0 Å². The third kappa shape index (κ3) is 5.62. The standard InChI is InChI=1S/C24H32N4O3S/c1-6-13-31-16-20(14-17(2)3)28(5)32(29,30)21-9-7-19(8-10-21)15-23-24-22(11-12-25-23)26-18(4)27-24/h6-12,17,20H,1,13-16H2,2-5H3,(H,26,27)/t20-/m1/s1. The zero-order valence-corrected chi connectivity index (χ0v) is 20.0. The number of fused-ring (bicyclic) bond motifs is 1. The minimum absolute atomic E-state index is 0.246. The van der Waals surface area contributed by atoms with E-state index in [1.165, 1.54) is 4.31 Å². The molecule has 0 fully saturated rings. The van der Waals surface area contributed by atoms with Crippen LogP contribution in [-0.2, 0) is 21.2 Å². The normalized spacial score (nSPS) is 13.2. The van der Waals surface area contributed by atoms with Crippen LogP contribution < -0.4 is 0 Å². The van der Waals surface area contributed by atoms with E-state index in [2.05, 4.69) is 35.4 Å². The fourth-order valence-electron chi connectivity index (χ4n) is 3.73. The van der Waals surface area contributed by atoms with Crippen molar-refractivity contribution in [2.75, 3.05) is 20.3 Å². The first kappa shape index (κ1) is 24.1. The Labute approximate surface area is 190 Å². The van der Waals surface area contributed by atoms with Crippen molar-refractivity contribution in [2.45, 2.75) is 44.6 Å². The van der Waals surface area contributed by atoms with Gasteiger partial charge in [-0.25, -0.2) is 13.4 Å². The topological polar surface area (TPSA) is 88.2 Å². The number of aryl methyl sites for hydroxylation is 1. The van der Waals surface area contributed by atoms with E-state index >= 15 is 0 Å². The van der Waals surface area contributed by atoms with Crippen molar-refractivity contribution in [3.8, 4) is 0 Å². The van der Waals surface area contributed by atoms with Gasteiger partial charge in [0.05, 0.1) is 29.3 Å². The predicted octanol–water partition coefficient (Wildman–Crippen LogP) is 4.09. The van der Waals surface area contributed by atoms with Gasteiger partial charge in [-0.1, -0.05) is 32.1 Å². The van der Waals surface area contributed by atoms with Crippen LogP contribution in [0.25, 0.3) is 11.0 Å². The highest BCUT2D eigenvalue weighted by Gasteiger charge is 2.28. The molecule has 2 heterocycles. The van der Waals surface area contributed by atoms with E-state index in [-0.39, 0.29) is 10.9 Å². The van der Waals surface area contributed by atoms with Crippen LogP contribution in [0.4, 0.5) is 0 Å². The number of hydrogen-bond donors (Lipinski definition) is 1. The number of aromatic nitrogens is 3. The average Bonchev–Trinajstić information content (AvgIpc) is 3.14. The number of imidazole rings is 1. The van der Waals surface area contributed by atoms with Crippen LogP contribution in [0.1, 0.15) is 37.4 Å². The molecule has 0 unspecified atom stereocenters. The number of likely N-dealkylation sites (N-methyl/N-ethyl adjacent to an activating group) is 1. The number of benzene rings is 1. The number of hydrogen-bond acceptors (Lipinski definition) is 5.